The molecular weight excluding hydrogens is 369 g/mol. The smallest absolute Gasteiger partial charge is 0.363 e. The third kappa shape index (κ3) is 4.35. The molecule has 1 aliphatic rings. The first-order chi connectivity index (χ1) is 11.9. The molecule has 2 aromatic carbocycles. The average Bonchev–Trinajstić information content (AvgIpc) is 2.60. The van der Waals surface area contributed by atoms with Gasteiger partial charge in [-0.2, -0.15) is 13.2 Å². The minimum Gasteiger partial charge on any atom is -0.363 e. The Bertz CT molecular complexity index is 796. The van der Waals surface area contributed by atoms with E-state index in [2.05, 4.69) is 5.32 Å². The molecule has 3 N–H and O–H groups in total. The Balaban J connectivity index is 0.00000243. The largest absolute Gasteiger partial charge is 0.416 e. The van der Waals surface area contributed by atoms with Crippen LogP contribution in [0.3, 0.4) is 0 Å². The van der Waals surface area contributed by atoms with Crippen molar-refractivity contribution in [1.82, 2.24) is 0 Å². The molecule has 0 fully saturated rings. The highest BCUT2D eigenvalue weighted by molar-refractivity contribution is 5.95. The lowest BCUT2D eigenvalue weighted by atomic mass is 9.97. The van der Waals surface area contributed by atoms with Gasteiger partial charge >= 0.3 is 6.18 Å². The number of alkyl halides is 3. The van der Waals surface area contributed by atoms with E-state index in [0.29, 0.717) is 13.0 Å². The van der Waals surface area contributed by atoms with Crippen molar-refractivity contribution < 1.29 is 22.7 Å². The number of fused-ring (bicyclic) bond motifs is 1. The molecule has 8 heteroatoms. The maximum Gasteiger partial charge on any atom is 0.416 e. The molecule has 1 amide bonds. The van der Waals surface area contributed by atoms with Crippen molar-refractivity contribution in [3.05, 3.63) is 64.7 Å². The number of benzene rings is 2. The molecular formula is C18H18ClF3N2O2. The van der Waals surface area contributed by atoms with Gasteiger partial charge in [-0.05, 0) is 41.3 Å². The molecule has 0 spiro atoms. The Hall–Kier alpha value is -2.09. The van der Waals surface area contributed by atoms with Crippen LogP contribution in [0.5, 0.6) is 0 Å². The van der Waals surface area contributed by atoms with Crippen molar-refractivity contribution in [3.63, 3.8) is 0 Å². The summed E-state index contributed by atoms with van der Waals surface area (Å²) in [7, 11) is 0. The van der Waals surface area contributed by atoms with Crippen molar-refractivity contribution in [1.29, 1.82) is 0 Å². The fraction of sp³-hybridized carbons (Fsp3) is 0.278. The first kappa shape index (κ1) is 20.2. The molecule has 3 rings (SSSR count). The van der Waals surface area contributed by atoms with Crippen LogP contribution in [0, 0.1) is 0 Å². The number of amides is 1. The van der Waals surface area contributed by atoms with E-state index in [0.717, 1.165) is 23.3 Å². The second-order valence-electron chi connectivity index (χ2n) is 5.81. The summed E-state index contributed by atoms with van der Waals surface area (Å²) < 4.78 is 44.5. The summed E-state index contributed by atoms with van der Waals surface area (Å²) in [4.78, 5) is 12.5. The highest BCUT2D eigenvalue weighted by Gasteiger charge is 2.32. The van der Waals surface area contributed by atoms with E-state index in [-0.39, 0.29) is 30.2 Å². The molecule has 1 heterocycles. The van der Waals surface area contributed by atoms with E-state index in [1.165, 1.54) is 6.07 Å². The second-order valence-corrected chi connectivity index (χ2v) is 5.81. The molecule has 1 atom stereocenters. The zero-order chi connectivity index (χ0) is 18.0. The van der Waals surface area contributed by atoms with Gasteiger partial charge in [-0.25, -0.2) is 0 Å². The van der Waals surface area contributed by atoms with Crippen molar-refractivity contribution in [2.45, 2.75) is 25.2 Å². The van der Waals surface area contributed by atoms with Crippen molar-refractivity contribution in [3.8, 4) is 0 Å². The van der Waals surface area contributed by atoms with Crippen LogP contribution < -0.4 is 11.1 Å². The third-order valence-electron chi connectivity index (χ3n) is 4.05. The van der Waals surface area contributed by atoms with Crippen molar-refractivity contribution in [2.24, 2.45) is 5.73 Å². The highest BCUT2D eigenvalue weighted by atomic mass is 35.5. The van der Waals surface area contributed by atoms with Crippen molar-refractivity contribution in [2.75, 3.05) is 11.9 Å². The van der Waals surface area contributed by atoms with E-state index in [4.69, 9.17) is 10.5 Å². The molecule has 2 aromatic rings. The molecule has 1 aliphatic heterocycles. The molecule has 4 nitrogen and oxygen atoms in total. The number of nitrogens with one attached hydrogen (secondary N) is 1. The minimum atomic E-state index is -4.52. The molecule has 0 aliphatic carbocycles. The summed E-state index contributed by atoms with van der Waals surface area (Å²) in [6.07, 6.45) is -4.67. The maximum atomic E-state index is 13.0. The van der Waals surface area contributed by atoms with Crippen LogP contribution in [-0.2, 0) is 28.7 Å². The summed E-state index contributed by atoms with van der Waals surface area (Å²) in [6.45, 7) is 0.321. The number of halogens is 4. The Kier molecular flexibility index (Phi) is 6.28. The average molecular weight is 387 g/mol. The van der Waals surface area contributed by atoms with E-state index in [9.17, 15) is 18.0 Å². The van der Waals surface area contributed by atoms with Gasteiger partial charge in [0, 0.05) is 12.2 Å². The number of anilines is 1. The zero-order valence-electron chi connectivity index (χ0n) is 13.7. The van der Waals surface area contributed by atoms with Crippen LogP contribution in [0.15, 0.2) is 42.5 Å². The fourth-order valence-corrected chi connectivity index (χ4v) is 2.86. The number of carbonyl (C=O) groups excluding carboxylic acids is 1. The molecule has 0 aromatic heterocycles. The topological polar surface area (TPSA) is 64.3 Å². The van der Waals surface area contributed by atoms with Crippen LogP contribution >= 0.6 is 12.4 Å². The predicted molar refractivity (Wildman–Crippen MR) is 94.1 cm³/mol. The number of rotatable bonds is 3. The van der Waals surface area contributed by atoms with Gasteiger partial charge in [-0.1, -0.05) is 24.3 Å². The van der Waals surface area contributed by atoms with Crippen LogP contribution in [0.2, 0.25) is 0 Å². The number of carbonyl (C=O) groups is 1. The molecule has 0 saturated heterocycles. The van der Waals surface area contributed by atoms with E-state index in [1.807, 2.05) is 12.1 Å². The second kappa shape index (κ2) is 8.07. The minimum absolute atomic E-state index is 0. The Labute approximate surface area is 154 Å². The fourth-order valence-electron chi connectivity index (χ4n) is 2.86. The van der Waals surface area contributed by atoms with Gasteiger partial charge in [0.25, 0.3) is 5.91 Å². The normalized spacial score (nSPS) is 16.4. The number of nitrogens with two attached hydrogens (primary N) is 1. The third-order valence-corrected chi connectivity index (χ3v) is 4.05. The lowest BCUT2D eigenvalue weighted by Crippen LogP contribution is -2.28. The molecule has 1 unspecified atom stereocenters. The van der Waals surface area contributed by atoms with Crippen LogP contribution in [0.4, 0.5) is 18.9 Å². The predicted octanol–water partition coefficient (Wildman–Crippen LogP) is 3.84. The maximum absolute atomic E-state index is 13.0. The molecule has 0 bridgehead atoms. The summed E-state index contributed by atoms with van der Waals surface area (Å²) in [5, 5.41) is 2.52. The van der Waals surface area contributed by atoms with Gasteiger partial charge in [0.05, 0.1) is 12.2 Å². The van der Waals surface area contributed by atoms with Gasteiger partial charge in [0.2, 0.25) is 0 Å². The summed E-state index contributed by atoms with van der Waals surface area (Å²) >= 11 is 0. The van der Waals surface area contributed by atoms with Gasteiger partial charge in [0.15, 0.2) is 6.10 Å². The number of ether oxygens (including phenoxy) is 1. The van der Waals surface area contributed by atoms with Gasteiger partial charge in [0.1, 0.15) is 0 Å². The van der Waals surface area contributed by atoms with Crippen LogP contribution in [0.1, 0.15) is 28.4 Å². The first-order valence-electron chi connectivity index (χ1n) is 7.80. The first-order valence-corrected chi connectivity index (χ1v) is 7.80. The van der Waals surface area contributed by atoms with Crippen LogP contribution in [0.25, 0.3) is 0 Å². The summed E-state index contributed by atoms with van der Waals surface area (Å²) in [6, 6.07) is 10.7. The number of hydrogen-bond donors (Lipinski definition) is 2. The van der Waals surface area contributed by atoms with Gasteiger partial charge in [-0.3, -0.25) is 4.79 Å². The quantitative estimate of drug-likeness (QED) is 0.842. The van der Waals surface area contributed by atoms with E-state index >= 15 is 0 Å². The molecule has 0 radical (unpaired) electrons. The van der Waals surface area contributed by atoms with E-state index < -0.39 is 23.8 Å². The van der Waals surface area contributed by atoms with Gasteiger partial charge < -0.3 is 15.8 Å². The van der Waals surface area contributed by atoms with Crippen molar-refractivity contribution >= 4 is 24.0 Å². The lowest BCUT2D eigenvalue weighted by molar-refractivity contribution is -0.137. The SMILES string of the molecule is Cl.NCc1cc(NC(=O)C2OCCc3ccccc32)cc(C(F)(F)F)c1. The Morgan fingerprint density at radius 2 is 1.96 bits per heavy atom. The molecule has 26 heavy (non-hydrogen) atoms. The monoisotopic (exact) mass is 386 g/mol. The summed E-state index contributed by atoms with van der Waals surface area (Å²) in [5.74, 6) is -0.505. The molecule has 0 saturated carbocycles. The molecule has 140 valence electrons. The standard InChI is InChI=1S/C18H17F3N2O2.ClH/c19-18(20,21)13-7-11(10-22)8-14(9-13)23-17(24)16-15-4-2-1-3-12(15)5-6-25-16;/h1-4,7-9,16H,5-6,10,22H2,(H,23,24);1H. The van der Waals surface area contributed by atoms with Crippen LogP contribution in [-0.4, -0.2) is 12.5 Å². The number of hydrogen-bond acceptors (Lipinski definition) is 3. The van der Waals surface area contributed by atoms with E-state index in [1.54, 1.807) is 12.1 Å². The summed E-state index contributed by atoms with van der Waals surface area (Å²) in [5.41, 5.74) is 6.68. The Morgan fingerprint density at radius 3 is 2.65 bits per heavy atom. The Morgan fingerprint density at radius 1 is 1.23 bits per heavy atom. The van der Waals surface area contributed by atoms with Gasteiger partial charge in [-0.15, -0.1) is 12.4 Å². The lowest BCUT2D eigenvalue weighted by Gasteiger charge is -2.25. The highest BCUT2D eigenvalue weighted by Crippen LogP contribution is 2.33. The zero-order valence-corrected chi connectivity index (χ0v) is 14.5.